The summed E-state index contributed by atoms with van der Waals surface area (Å²) in [5.41, 5.74) is 5.31. The second-order valence-corrected chi connectivity index (χ2v) is 10.6. The van der Waals surface area contributed by atoms with E-state index in [0.29, 0.717) is 5.92 Å². The Bertz CT molecular complexity index is 1360. The Labute approximate surface area is 219 Å². The van der Waals surface area contributed by atoms with Crippen LogP contribution >= 0.6 is 0 Å². The zero-order valence-corrected chi connectivity index (χ0v) is 21.4. The van der Waals surface area contributed by atoms with Gasteiger partial charge in [0.1, 0.15) is 6.10 Å². The molecule has 1 unspecified atom stereocenters. The quantitative estimate of drug-likeness (QED) is 0.266. The third kappa shape index (κ3) is 4.91. The van der Waals surface area contributed by atoms with E-state index < -0.39 is 0 Å². The zero-order valence-electron chi connectivity index (χ0n) is 21.4. The van der Waals surface area contributed by atoms with Crippen LogP contribution in [0, 0.1) is 11.8 Å². The van der Waals surface area contributed by atoms with E-state index in [-0.39, 0.29) is 24.5 Å². The molecule has 0 radical (unpaired) electrons. The predicted molar refractivity (Wildman–Crippen MR) is 148 cm³/mol. The summed E-state index contributed by atoms with van der Waals surface area (Å²) in [5.74, 6) is 1.28. The number of ether oxygens (including phenoxy) is 1. The fourth-order valence-electron chi connectivity index (χ4n) is 6.47. The summed E-state index contributed by atoms with van der Waals surface area (Å²) >= 11 is 0. The Morgan fingerprint density at radius 1 is 0.973 bits per heavy atom. The van der Waals surface area contributed by atoms with Crippen LogP contribution in [0.15, 0.2) is 91.1 Å². The lowest BCUT2D eigenvalue weighted by Crippen LogP contribution is -2.55. The van der Waals surface area contributed by atoms with Crippen molar-refractivity contribution in [3.05, 3.63) is 102 Å². The summed E-state index contributed by atoms with van der Waals surface area (Å²) < 4.78 is 6.42. The lowest BCUT2D eigenvalue weighted by molar-refractivity contribution is -0.157. The van der Waals surface area contributed by atoms with E-state index in [2.05, 4.69) is 53.2 Å². The van der Waals surface area contributed by atoms with Gasteiger partial charge >= 0.3 is 5.97 Å². The molecule has 4 heterocycles. The largest absolute Gasteiger partial charge is 0.456 e. The molecule has 3 fully saturated rings. The van der Waals surface area contributed by atoms with Crippen LogP contribution in [0.1, 0.15) is 43.4 Å². The standard InChI is InChI=1S/C33H34N2O2/c1-2-24-22-35-19-17-27(24)21-31(35)33(29-16-18-34-30-11-7-6-10-28(29)30)37-32(36)20-23-12-14-26(15-13-23)25-8-4-3-5-9-25/h3-16,18,24,27,31,33H,2,17,19-22H2,1H3/t24-,27+,31-,33+/m0/s1. The molecule has 37 heavy (non-hydrogen) atoms. The highest BCUT2D eigenvalue weighted by Crippen LogP contribution is 2.44. The molecule has 0 saturated carbocycles. The molecule has 0 amide bonds. The van der Waals surface area contributed by atoms with Gasteiger partial charge in [0.05, 0.1) is 18.0 Å². The van der Waals surface area contributed by atoms with Gasteiger partial charge in [-0.15, -0.1) is 0 Å². The summed E-state index contributed by atoms with van der Waals surface area (Å²) in [7, 11) is 0. The summed E-state index contributed by atoms with van der Waals surface area (Å²) in [6.07, 6.45) is 5.37. The molecule has 3 aliphatic heterocycles. The third-order valence-electron chi connectivity index (χ3n) is 8.47. The van der Waals surface area contributed by atoms with Gasteiger partial charge in [0, 0.05) is 23.7 Å². The molecular weight excluding hydrogens is 456 g/mol. The van der Waals surface area contributed by atoms with E-state index in [1.807, 2.05) is 54.7 Å². The van der Waals surface area contributed by atoms with Crippen LogP contribution in [-0.2, 0) is 16.0 Å². The average Bonchev–Trinajstić information content (AvgIpc) is 2.96. The highest BCUT2D eigenvalue weighted by atomic mass is 16.5. The minimum absolute atomic E-state index is 0.173. The highest BCUT2D eigenvalue weighted by molar-refractivity contribution is 5.83. The molecule has 4 aromatic rings. The van der Waals surface area contributed by atoms with Gasteiger partial charge in [-0.1, -0.05) is 86.1 Å². The smallest absolute Gasteiger partial charge is 0.310 e. The van der Waals surface area contributed by atoms with Gasteiger partial charge in [-0.25, -0.2) is 0 Å². The monoisotopic (exact) mass is 490 g/mol. The number of carbonyl (C=O) groups is 1. The normalized spacial score (nSPS) is 23.6. The molecule has 0 spiro atoms. The molecule has 4 heteroatoms. The van der Waals surface area contributed by atoms with Crippen molar-refractivity contribution >= 4 is 16.9 Å². The summed E-state index contributed by atoms with van der Waals surface area (Å²) in [6, 6.07) is 29.0. The summed E-state index contributed by atoms with van der Waals surface area (Å²) in [6.45, 7) is 4.49. The van der Waals surface area contributed by atoms with E-state index >= 15 is 0 Å². The van der Waals surface area contributed by atoms with Crippen LogP contribution < -0.4 is 0 Å². The zero-order chi connectivity index (χ0) is 25.2. The minimum Gasteiger partial charge on any atom is -0.456 e. The fourth-order valence-corrected chi connectivity index (χ4v) is 6.47. The van der Waals surface area contributed by atoms with Crippen LogP contribution in [0.4, 0.5) is 0 Å². The fraction of sp³-hybridized carbons (Fsp3) is 0.333. The molecule has 3 saturated heterocycles. The number of piperidine rings is 3. The number of carbonyl (C=O) groups excluding carboxylic acids is 1. The SMILES string of the molecule is CC[C@H]1CN2CC[C@@H]1C[C@H]2[C@H](OC(=O)Cc1ccc(-c2ccccc2)cc1)c1ccnc2ccccc12. The molecule has 4 nitrogen and oxygen atoms in total. The third-order valence-corrected chi connectivity index (χ3v) is 8.47. The van der Waals surface area contributed by atoms with Crippen molar-refractivity contribution in [2.24, 2.45) is 11.8 Å². The minimum atomic E-state index is -0.301. The molecule has 5 atom stereocenters. The maximum Gasteiger partial charge on any atom is 0.310 e. The van der Waals surface area contributed by atoms with Crippen molar-refractivity contribution in [2.75, 3.05) is 13.1 Å². The van der Waals surface area contributed by atoms with Crippen molar-refractivity contribution in [3.63, 3.8) is 0 Å². The second-order valence-electron chi connectivity index (χ2n) is 10.6. The number of pyridine rings is 1. The topological polar surface area (TPSA) is 42.4 Å². The Morgan fingerprint density at radius 3 is 2.49 bits per heavy atom. The molecule has 1 aromatic heterocycles. The lowest BCUT2D eigenvalue weighted by Gasteiger charge is -2.51. The molecule has 7 rings (SSSR count). The highest BCUT2D eigenvalue weighted by Gasteiger charge is 2.44. The maximum atomic E-state index is 13.4. The summed E-state index contributed by atoms with van der Waals surface area (Å²) in [4.78, 5) is 20.5. The van der Waals surface area contributed by atoms with Crippen LogP contribution in [0.2, 0.25) is 0 Å². The molecule has 3 aliphatic rings. The summed E-state index contributed by atoms with van der Waals surface area (Å²) in [5, 5.41) is 1.07. The number of para-hydroxylation sites is 1. The molecular formula is C33H34N2O2. The Balaban J connectivity index is 1.26. The van der Waals surface area contributed by atoms with Crippen LogP contribution in [-0.4, -0.2) is 35.0 Å². The van der Waals surface area contributed by atoms with Gasteiger partial charge in [0.25, 0.3) is 0 Å². The first kappa shape index (κ1) is 23.9. The van der Waals surface area contributed by atoms with Gasteiger partial charge in [-0.3, -0.25) is 14.7 Å². The van der Waals surface area contributed by atoms with Crippen molar-refractivity contribution in [2.45, 2.75) is 44.8 Å². The van der Waals surface area contributed by atoms with Gasteiger partial charge in [-0.2, -0.15) is 0 Å². The lowest BCUT2D eigenvalue weighted by atomic mass is 9.72. The van der Waals surface area contributed by atoms with Crippen molar-refractivity contribution in [1.29, 1.82) is 0 Å². The first-order chi connectivity index (χ1) is 18.2. The first-order valence-corrected chi connectivity index (χ1v) is 13.6. The van der Waals surface area contributed by atoms with E-state index in [0.717, 1.165) is 53.0 Å². The number of aromatic nitrogens is 1. The van der Waals surface area contributed by atoms with Crippen LogP contribution in [0.5, 0.6) is 0 Å². The van der Waals surface area contributed by atoms with E-state index in [1.54, 1.807) is 0 Å². The van der Waals surface area contributed by atoms with Crippen molar-refractivity contribution < 1.29 is 9.53 Å². The molecule has 188 valence electrons. The number of benzene rings is 3. The average molecular weight is 491 g/mol. The number of fused-ring (bicyclic) bond motifs is 4. The maximum absolute atomic E-state index is 13.4. The molecule has 2 bridgehead atoms. The van der Waals surface area contributed by atoms with Crippen LogP contribution in [0.25, 0.3) is 22.0 Å². The Morgan fingerprint density at radius 2 is 1.73 bits per heavy atom. The number of hydrogen-bond acceptors (Lipinski definition) is 4. The second kappa shape index (κ2) is 10.5. The van der Waals surface area contributed by atoms with Gasteiger partial charge in [0.15, 0.2) is 0 Å². The van der Waals surface area contributed by atoms with Crippen molar-refractivity contribution in [3.8, 4) is 11.1 Å². The predicted octanol–water partition coefficient (Wildman–Crippen LogP) is 6.85. The number of rotatable bonds is 7. The van der Waals surface area contributed by atoms with Gasteiger partial charge < -0.3 is 4.74 Å². The molecule has 0 N–H and O–H groups in total. The van der Waals surface area contributed by atoms with E-state index in [9.17, 15) is 4.79 Å². The molecule has 3 aromatic carbocycles. The van der Waals surface area contributed by atoms with Gasteiger partial charge in [-0.05, 0) is 60.0 Å². The number of nitrogens with zero attached hydrogens (tertiary/aromatic N) is 2. The van der Waals surface area contributed by atoms with E-state index in [4.69, 9.17) is 4.74 Å². The molecule has 0 aliphatic carbocycles. The van der Waals surface area contributed by atoms with Gasteiger partial charge in [0.2, 0.25) is 0 Å². The van der Waals surface area contributed by atoms with Crippen molar-refractivity contribution in [1.82, 2.24) is 9.88 Å². The number of esters is 1. The Kier molecular flexibility index (Phi) is 6.75. The Hall–Kier alpha value is -3.50. The number of hydrogen-bond donors (Lipinski definition) is 0. The first-order valence-electron chi connectivity index (χ1n) is 13.6. The van der Waals surface area contributed by atoms with E-state index in [1.165, 1.54) is 18.4 Å². The van der Waals surface area contributed by atoms with Crippen LogP contribution in [0.3, 0.4) is 0 Å².